The van der Waals surface area contributed by atoms with E-state index in [0.717, 1.165) is 23.1 Å². The molecule has 4 rings (SSSR count). The first kappa shape index (κ1) is 21.6. The lowest BCUT2D eigenvalue weighted by molar-refractivity contribution is 0.0949. The number of benzene rings is 2. The molecule has 8 nitrogen and oxygen atoms in total. The molecule has 1 fully saturated rings. The third-order valence-electron chi connectivity index (χ3n) is 5.72. The lowest BCUT2D eigenvalue weighted by Gasteiger charge is -2.12. The van der Waals surface area contributed by atoms with Crippen molar-refractivity contribution in [3.05, 3.63) is 70.8 Å². The fourth-order valence-corrected chi connectivity index (χ4v) is 3.97. The van der Waals surface area contributed by atoms with E-state index < -0.39 is 5.91 Å². The van der Waals surface area contributed by atoms with Crippen molar-refractivity contribution >= 4 is 17.6 Å². The zero-order chi connectivity index (χ0) is 22.7. The summed E-state index contributed by atoms with van der Waals surface area (Å²) in [6.45, 7) is 3.52. The minimum absolute atomic E-state index is 0.0558. The van der Waals surface area contributed by atoms with Crippen LogP contribution in [0.15, 0.2) is 48.5 Å². The molecule has 2 amide bonds. The van der Waals surface area contributed by atoms with E-state index in [2.05, 4.69) is 10.6 Å². The van der Waals surface area contributed by atoms with E-state index in [4.69, 9.17) is 15.6 Å². The number of carbonyl (C=O) groups excluding carboxylic acids is 2. The molecule has 1 unspecified atom stereocenters. The summed E-state index contributed by atoms with van der Waals surface area (Å²) in [6, 6.07) is 15.1. The van der Waals surface area contributed by atoms with E-state index >= 15 is 0 Å². The quantitative estimate of drug-likeness (QED) is 0.531. The molecule has 32 heavy (non-hydrogen) atoms. The smallest absolute Gasteiger partial charge is 0.254 e. The van der Waals surface area contributed by atoms with Crippen molar-refractivity contribution in [3.63, 3.8) is 0 Å². The highest BCUT2D eigenvalue weighted by Crippen LogP contribution is 2.33. The highest BCUT2D eigenvalue weighted by atomic mass is 16.5. The number of primary amides is 1. The van der Waals surface area contributed by atoms with Gasteiger partial charge in [-0.3, -0.25) is 9.59 Å². The van der Waals surface area contributed by atoms with E-state index in [9.17, 15) is 9.59 Å². The van der Waals surface area contributed by atoms with Gasteiger partial charge in [0.25, 0.3) is 11.8 Å². The number of carbonyl (C=O) groups is 2. The van der Waals surface area contributed by atoms with Crippen LogP contribution in [0.3, 0.4) is 0 Å². The van der Waals surface area contributed by atoms with Crippen LogP contribution >= 0.6 is 0 Å². The zero-order valence-electron chi connectivity index (χ0n) is 18.2. The Labute approximate surface area is 186 Å². The third-order valence-corrected chi connectivity index (χ3v) is 5.72. The standard InChI is InChI=1S/C24H27N5O3/c1-15-5-3-4-6-19(15)24(31)27-13-16-7-9-17(10-8-16)21-20(22(25)30)23(26-2)29(28-21)18-11-12-32-14-18/h3-10,18,26H,11-14H2,1-2H3,(H2,25,30)(H,27,31). The Balaban J connectivity index is 1.55. The maximum Gasteiger partial charge on any atom is 0.254 e. The molecule has 0 spiro atoms. The Morgan fingerprint density at radius 2 is 1.94 bits per heavy atom. The number of nitrogens with two attached hydrogens (primary N) is 1. The summed E-state index contributed by atoms with van der Waals surface area (Å²) in [5.41, 5.74) is 9.92. The van der Waals surface area contributed by atoms with Gasteiger partial charge in [-0.1, -0.05) is 42.5 Å². The van der Waals surface area contributed by atoms with Gasteiger partial charge >= 0.3 is 0 Å². The lowest BCUT2D eigenvalue weighted by Crippen LogP contribution is -2.23. The van der Waals surface area contributed by atoms with E-state index in [1.54, 1.807) is 11.7 Å². The molecule has 0 aliphatic carbocycles. The highest BCUT2D eigenvalue weighted by molar-refractivity contribution is 6.03. The van der Waals surface area contributed by atoms with Gasteiger partial charge < -0.3 is 21.1 Å². The van der Waals surface area contributed by atoms with Crippen LogP contribution in [0.5, 0.6) is 0 Å². The number of hydrogen-bond acceptors (Lipinski definition) is 5. The molecule has 1 atom stereocenters. The van der Waals surface area contributed by atoms with Crippen LogP contribution in [0.1, 0.15) is 44.3 Å². The Morgan fingerprint density at radius 1 is 1.19 bits per heavy atom. The van der Waals surface area contributed by atoms with Gasteiger partial charge in [-0.05, 0) is 30.5 Å². The number of nitrogens with zero attached hydrogens (tertiary/aromatic N) is 2. The second-order valence-corrected chi connectivity index (χ2v) is 7.84. The Kier molecular flexibility index (Phi) is 6.23. The number of aryl methyl sites for hydroxylation is 1. The van der Waals surface area contributed by atoms with Crippen LogP contribution < -0.4 is 16.4 Å². The maximum atomic E-state index is 12.5. The van der Waals surface area contributed by atoms with Crippen molar-refractivity contribution in [3.8, 4) is 11.3 Å². The first-order valence-corrected chi connectivity index (χ1v) is 10.6. The molecule has 0 bridgehead atoms. The minimum Gasteiger partial charge on any atom is -0.379 e. The van der Waals surface area contributed by atoms with Crippen molar-refractivity contribution in [2.75, 3.05) is 25.6 Å². The number of hydrogen-bond donors (Lipinski definition) is 3. The summed E-state index contributed by atoms with van der Waals surface area (Å²) in [6.07, 6.45) is 0.827. The SMILES string of the molecule is CNc1c(C(N)=O)c(-c2ccc(CNC(=O)c3ccccc3C)cc2)nn1C1CCOC1. The van der Waals surface area contributed by atoms with Crippen LogP contribution in [0, 0.1) is 6.92 Å². The number of anilines is 1. The molecule has 0 radical (unpaired) electrons. The van der Waals surface area contributed by atoms with Crippen LogP contribution in [-0.4, -0.2) is 41.9 Å². The van der Waals surface area contributed by atoms with Crippen molar-refractivity contribution in [1.29, 1.82) is 0 Å². The first-order valence-electron chi connectivity index (χ1n) is 10.6. The first-order chi connectivity index (χ1) is 15.5. The van der Waals surface area contributed by atoms with Gasteiger partial charge in [0.05, 0.1) is 12.6 Å². The van der Waals surface area contributed by atoms with Crippen LogP contribution in [-0.2, 0) is 11.3 Å². The Morgan fingerprint density at radius 3 is 2.56 bits per heavy atom. The molecule has 2 heterocycles. The van der Waals surface area contributed by atoms with E-state index in [1.807, 2.05) is 55.5 Å². The Bertz CT molecular complexity index is 1130. The van der Waals surface area contributed by atoms with Gasteiger partial charge in [-0.15, -0.1) is 0 Å². The summed E-state index contributed by atoms with van der Waals surface area (Å²) in [7, 11) is 1.75. The predicted octanol–water partition coefficient (Wildman–Crippen LogP) is 2.89. The molecule has 1 saturated heterocycles. The molecule has 166 valence electrons. The second-order valence-electron chi connectivity index (χ2n) is 7.84. The molecule has 1 aliphatic rings. The topological polar surface area (TPSA) is 111 Å². The molecule has 1 aromatic heterocycles. The monoisotopic (exact) mass is 433 g/mol. The number of amides is 2. The summed E-state index contributed by atoms with van der Waals surface area (Å²) in [5.74, 6) is -0.0546. The number of ether oxygens (including phenoxy) is 1. The van der Waals surface area contributed by atoms with Crippen LogP contribution in [0.4, 0.5) is 5.82 Å². The summed E-state index contributed by atoms with van der Waals surface area (Å²) in [4.78, 5) is 24.7. The third kappa shape index (κ3) is 4.22. The van der Waals surface area contributed by atoms with Crippen LogP contribution in [0.25, 0.3) is 11.3 Å². The van der Waals surface area contributed by atoms with Crippen molar-refractivity contribution < 1.29 is 14.3 Å². The van der Waals surface area contributed by atoms with Crippen LogP contribution in [0.2, 0.25) is 0 Å². The van der Waals surface area contributed by atoms with Gasteiger partial charge in [0.15, 0.2) is 0 Å². The lowest BCUT2D eigenvalue weighted by atomic mass is 10.0. The average Bonchev–Trinajstić information content (AvgIpc) is 3.45. The van der Waals surface area contributed by atoms with Gasteiger partial charge in [0, 0.05) is 31.3 Å². The molecule has 0 saturated carbocycles. The second kappa shape index (κ2) is 9.23. The molecular formula is C24H27N5O3. The summed E-state index contributed by atoms with van der Waals surface area (Å²) in [5, 5.41) is 10.7. The van der Waals surface area contributed by atoms with Crippen molar-refractivity contribution in [1.82, 2.24) is 15.1 Å². The van der Waals surface area contributed by atoms with Gasteiger partial charge in [-0.25, -0.2) is 4.68 Å². The molecule has 1 aliphatic heterocycles. The Hall–Kier alpha value is -3.65. The molecule has 8 heteroatoms. The number of aromatic nitrogens is 2. The van der Waals surface area contributed by atoms with E-state index in [-0.39, 0.29) is 11.9 Å². The molecular weight excluding hydrogens is 406 g/mol. The van der Waals surface area contributed by atoms with E-state index in [1.165, 1.54) is 0 Å². The predicted molar refractivity (Wildman–Crippen MR) is 123 cm³/mol. The summed E-state index contributed by atoms with van der Waals surface area (Å²) < 4.78 is 7.29. The fraction of sp³-hybridized carbons (Fsp3) is 0.292. The average molecular weight is 434 g/mol. The van der Waals surface area contributed by atoms with Gasteiger partial charge in [0.1, 0.15) is 17.1 Å². The summed E-state index contributed by atoms with van der Waals surface area (Å²) >= 11 is 0. The molecule has 3 aromatic rings. The fourth-order valence-electron chi connectivity index (χ4n) is 3.97. The van der Waals surface area contributed by atoms with Gasteiger partial charge in [0.2, 0.25) is 0 Å². The van der Waals surface area contributed by atoms with Crippen molar-refractivity contribution in [2.45, 2.75) is 25.9 Å². The minimum atomic E-state index is -0.538. The normalized spacial score (nSPS) is 15.5. The zero-order valence-corrected chi connectivity index (χ0v) is 18.2. The van der Waals surface area contributed by atoms with Crippen molar-refractivity contribution in [2.24, 2.45) is 5.73 Å². The highest BCUT2D eigenvalue weighted by Gasteiger charge is 2.28. The van der Waals surface area contributed by atoms with Gasteiger partial charge in [-0.2, -0.15) is 5.10 Å². The molecule has 4 N–H and O–H groups in total. The number of rotatable bonds is 7. The number of nitrogens with one attached hydrogen (secondary N) is 2. The molecule has 2 aromatic carbocycles. The van der Waals surface area contributed by atoms with E-state index in [0.29, 0.717) is 42.4 Å². The largest absolute Gasteiger partial charge is 0.379 e. The maximum absolute atomic E-state index is 12.5.